The fraction of sp³-hybridized carbons (Fsp3) is 0.188. The molecule has 3 nitrogen and oxygen atoms in total. The van der Waals surface area contributed by atoms with Crippen LogP contribution in [0.1, 0.15) is 11.1 Å². The van der Waals surface area contributed by atoms with Crippen molar-refractivity contribution in [1.82, 2.24) is 0 Å². The molecule has 0 amide bonds. The van der Waals surface area contributed by atoms with Crippen LogP contribution in [0.4, 0.5) is 0 Å². The molecule has 0 heterocycles. The van der Waals surface area contributed by atoms with Crippen molar-refractivity contribution in [2.45, 2.75) is 5.60 Å². The van der Waals surface area contributed by atoms with E-state index in [0.29, 0.717) is 0 Å². The molecule has 1 atom stereocenters. The van der Waals surface area contributed by atoms with Gasteiger partial charge in [0.25, 0.3) is 0 Å². The van der Waals surface area contributed by atoms with E-state index in [-0.39, 0.29) is 0 Å². The van der Waals surface area contributed by atoms with Gasteiger partial charge < -0.3 is 9.47 Å². The number of rotatable bonds is 4. The van der Waals surface area contributed by atoms with Crippen LogP contribution in [0.2, 0.25) is 0 Å². The van der Waals surface area contributed by atoms with Crippen LogP contribution in [0.15, 0.2) is 54.6 Å². The van der Waals surface area contributed by atoms with Crippen molar-refractivity contribution in [2.24, 2.45) is 0 Å². The summed E-state index contributed by atoms with van der Waals surface area (Å²) in [5, 5.41) is 9.60. The van der Waals surface area contributed by atoms with Crippen LogP contribution in [-0.4, -0.2) is 14.2 Å². The monoisotopic (exact) mass is 253 g/mol. The molecule has 0 N–H and O–H groups in total. The summed E-state index contributed by atoms with van der Waals surface area (Å²) < 4.78 is 10.7. The van der Waals surface area contributed by atoms with E-state index in [4.69, 9.17) is 9.47 Å². The van der Waals surface area contributed by atoms with E-state index in [2.05, 4.69) is 6.07 Å². The SMILES string of the molecule is COc1ccc(C(C#N)(OC)c2ccccc2)cc1. The minimum atomic E-state index is -1.09. The van der Waals surface area contributed by atoms with Gasteiger partial charge in [-0.2, -0.15) is 5.26 Å². The maximum absolute atomic E-state index is 9.60. The molecule has 0 fully saturated rings. The van der Waals surface area contributed by atoms with Crippen LogP contribution in [-0.2, 0) is 10.3 Å². The molecule has 0 bridgehead atoms. The van der Waals surface area contributed by atoms with Gasteiger partial charge in [-0.1, -0.05) is 42.5 Å². The van der Waals surface area contributed by atoms with Crippen molar-refractivity contribution in [2.75, 3.05) is 14.2 Å². The van der Waals surface area contributed by atoms with Gasteiger partial charge in [-0.25, -0.2) is 0 Å². The Labute approximate surface area is 113 Å². The Kier molecular flexibility index (Phi) is 3.84. The number of methoxy groups -OCH3 is 2. The average Bonchev–Trinajstić information content (AvgIpc) is 2.51. The van der Waals surface area contributed by atoms with Crippen molar-refractivity contribution >= 4 is 0 Å². The highest BCUT2D eigenvalue weighted by atomic mass is 16.5. The van der Waals surface area contributed by atoms with Crippen LogP contribution < -0.4 is 4.74 Å². The highest BCUT2D eigenvalue weighted by molar-refractivity contribution is 5.44. The zero-order chi connectivity index (χ0) is 13.7. The standard InChI is InChI=1S/C16H15NO2/c1-18-15-10-8-14(9-11-15)16(12-17,19-2)13-6-4-3-5-7-13/h3-11H,1-2H3. The smallest absolute Gasteiger partial charge is 0.205 e. The zero-order valence-corrected chi connectivity index (χ0v) is 11.0. The molecule has 0 spiro atoms. The summed E-state index contributed by atoms with van der Waals surface area (Å²) in [6.45, 7) is 0. The lowest BCUT2D eigenvalue weighted by atomic mass is 9.87. The number of nitriles is 1. The maximum Gasteiger partial charge on any atom is 0.205 e. The van der Waals surface area contributed by atoms with Crippen LogP contribution in [0.5, 0.6) is 5.75 Å². The molecule has 3 heteroatoms. The molecular formula is C16H15NO2. The zero-order valence-electron chi connectivity index (χ0n) is 11.0. The number of hydrogen-bond acceptors (Lipinski definition) is 3. The summed E-state index contributed by atoms with van der Waals surface area (Å²) in [5.74, 6) is 0.750. The van der Waals surface area contributed by atoms with Gasteiger partial charge >= 0.3 is 0 Å². The normalized spacial score (nSPS) is 13.3. The fourth-order valence-electron chi connectivity index (χ4n) is 2.08. The van der Waals surface area contributed by atoms with Gasteiger partial charge in [0.2, 0.25) is 5.60 Å². The Balaban J connectivity index is 2.53. The van der Waals surface area contributed by atoms with Gasteiger partial charge in [0.15, 0.2) is 0 Å². The maximum atomic E-state index is 9.60. The van der Waals surface area contributed by atoms with E-state index in [0.717, 1.165) is 16.9 Å². The van der Waals surface area contributed by atoms with Crippen LogP contribution in [0, 0.1) is 11.3 Å². The minimum Gasteiger partial charge on any atom is -0.497 e. The van der Waals surface area contributed by atoms with E-state index >= 15 is 0 Å². The predicted octanol–water partition coefficient (Wildman–Crippen LogP) is 3.11. The predicted molar refractivity (Wildman–Crippen MR) is 72.8 cm³/mol. The Morgan fingerprint density at radius 2 is 1.47 bits per heavy atom. The van der Waals surface area contributed by atoms with E-state index in [9.17, 15) is 5.26 Å². The summed E-state index contributed by atoms with van der Waals surface area (Å²) in [4.78, 5) is 0. The number of ether oxygens (including phenoxy) is 2. The van der Waals surface area contributed by atoms with E-state index in [1.54, 1.807) is 14.2 Å². The molecule has 0 radical (unpaired) electrons. The summed E-state index contributed by atoms with van der Waals surface area (Å²) >= 11 is 0. The highest BCUT2D eigenvalue weighted by Gasteiger charge is 2.34. The van der Waals surface area contributed by atoms with E-state index in [1.807, 2.05) is 54.6 Å². The van der Waals surface area contributed by atoms with Gasteiger partial charge in [-0.3, -0.25) is 0 Å². The number of nitrogens with zero attached hydrogens (tertiary/aromatic N) is 1. The third kappa shape index (κ3) is 2.31. The Morgan fingerprint density at radius 1 is 0.895 bits per heavy atom. The first-order valence-electron chi connectivity index (χ1n) is 5.93. The summed E-state index contributed by atoms with van der Waals surface area (Å²) in [6.07, 6.45) is 0. The molecule has 2 aromatic carbocycles. The van der Waals surface area contributed by atoms with Crippen LogP contribution in [0.3, 0.4) is 0 Å². The first kappa shape index (κ1) is 13.1. The van der Waals surface area contributed by atoms with Crippen molar-refractivity contribution in [3.63, 3.8) is 0 Å². The third-order valence-electron chi connectivity index (χ3n) is 3.14. The quantitative estimate of drug-likeness (QED) is 0.840. The van der Waals surface area contributed by atoms with Crippen LogP contribution in [0.25, 0.3) is 0 Å². The number of hydrogen-bond donors (Lipinski definition) is 0. The summed E-state index contributed by atoms with van der Waals surface area (Å²) in [5.41, 5.74) is 0.503. The van der Waals surface area contributed by atoms with Gasteiger partial charge in [-0.15, -0.1) is 0 Å². The number of benzene rings is 2. The van der Waals surface area contributed by atoms with E-state index < -0.39 is 5.60 Å². The lowest BCUT2D eigenvalue weighted by Gasteiger charge is -2.26. The molecule has 19 heavy (non-hydrogen) atoms. The summed E-state index contributed by atoms with van der Waals surface area (Å²) in [6, 6.07) is 19.1. The second-order valence-electron chi connectivity index (χ2n) is 4.09. The minimum absolute atomic E-state index is 0.750. The first-order chi connectivity index (χ1) is 9.26. The second-order valence-corrected chi connectivity index (χ2v) is 4.09. The molecule has 0 saturated heterocycles. The topological polar surface area (TPSA) is 42.2 Å². The van der Waals surface area contributed by atoms with Gasteiger partial charge in [-0.05, 0) is 12.1 Å². The average molecular weight is 253 g/mol. The van der Waals surface area contributed by atoms with Crippen molar-refractivity contribution in [3.05, 3.63) is 65.7 Å². The lowest BCUT2D eigenvalue weighted by Crippen LogP contribution is -2.27. The Hall–Kier alpha value is -2.31. The molecular weight excluding hydrogens is 238 g/mol. The second kappa shape index (κ2) is 5.55. The van der Waals surface area contributed by atoms with Crippen molar-refractivity contribution in [3.8, 4) is 11.8 Å². The van der Waals surface area contributed by atoms with Gasteiger partial charge in [0, 0.05) is 18.2 Å². The molecule has 0 aromatic heterocycles. The molecule has 1 unspecified atom stereocenters. The van der Waals surface area contributed by atoms with Gasteiger partial charge in [0.1, 0.15) is 11.8 Å². The van der Waals surface area contributed by atoms with Gasteiger partial charge in [0.05, 0.1) is 7.11 Å². The van der Waals surface area contributed by atoms with Crippen molar-refractivity contribution in [1.29, 1.82) is 5.26 Å². The molecule has 0 aliphatic carbocycles. The molecule has 0 aliphatic heterocycles. The highest BCUT2D eigenvalue weighted by Crippen LogP contribution is 2.33. The molecule has 2 aromatic rings. The molecule has 0 saturated carbocycles. The Bertz CT molecular complexity index is 572. The third-order valence-corrected chi connectivity index (χ3v) is 3.14. The Morgan fingerprint density at radius 3 is 1.95 bits per heavy atom. The molecule has 2 rings (SSSR count). The first-order valence-corrected chi connectivity index (χ1v) is 5.93. The fourth-order valence-corrected chi connectivity index (χ4v) is 2.08. The lowest BCUT2D eigenvalue weighted by molar-refractivity contribution is 0.0723. The molecule has 0 aliphatic rings. The van der Waals surface area contributed by atoms with E-state index in [1.165, 1.54) is 0 Å². The van der Waals surface area contributed by atoms with Crippen molar-refractivity contribution < 1.29 is 9.47 Å². The van der Waals surface area contributed by atoms with Crippen LogP contribution >= 0.6 is 0 Å². The largest absolute Gasteiger partial charge is 0.497 e. The summed E-state index contributed by atoms with van der Waals surface area (Å²) in [7, 11) is 3.15. The molecule has 96 valence electrons.